The average Bonchev–Trinajstić information content (AvgIpc) is 1.97. The summed E-state index contributed by atoms with van der Waals surface area (Å²) in [5.41, 5.74) is 14.5. The third-order valence-corrected chi connectivity index (χ3v) is 1.29. The number of hydrogen-bond acceptors (Lipinski definition) is 5. The highest BCUT2D eigenvalue weighted by Crippen LogP contribution is 2.26. The van der Waals surface area contributed by atoms with E-state index in [1.807, 2.05) is 0 Å². The van der Waals surface area contributed by atoms with Crippen LogP contribution in [0, 0.1) is 0 Å². The molecule has 0 amide bonds. The Bertz CT molecular complexity index is 343. The Morgan fingerprint density at radius 2 is 1.73 bits per heavy atom. The molecule has 11 heavy (non-hydrogen) atoms. The quantitative estimate of drug-likeness (QED) is 0.323. The summed E-state index contributed by atoms with van der Waals surface area (Å²) in [5.74, 6) is -0.548. The summed E-state index contributed by atoms with van der Waals surface area (Å²) in [7, 11) is 0. The molecule has 6 nitrogen and oxygen atoms in total. The van der Waals surface area contributed by atoms with Crippen LogP contribution in [0.2, 0.25) is 0 Å². The van der Waals surface area contributed by atoms with E-state index in [1.165, 1.54) is 0 Å². The van der Waals surface area contributed by atoms with Gasteiger partial charge >= 0.3 is 0 Å². The van der Waals surface area contributed by atoms with E-state index in [0.29, 0.717) is 0 Å². The molecule has 1 aromatic rings. The highest BCUT2D eigenvalue weighted by molar-refractivity contribution is 5.74. The Labute approximate surface area is 61.6 Å². The third-order valence-electron chi connectivity index (χ3n) is 1.29. The zero-order chi connectivity index (χ0) is 8.59. The first-order chi connectivity index (χ1) is 5.04. The first-order valence-electron chi connectivity index (χ1n) is 2.79. The topological polar surface area (TPSA) is 131 Å². The fraction of sp³-hybridized carbons (Fsp3) is 0. The van der Waals surface area contributed by atoms with E-state index in [2.05, 4.69) is 4.98 Å². The van der Waals surface area contributed by atoms with Crippen LogP contribution < -0.4 is 22.8 Å². The second kappa shape index (κ2) is 2.08. The Morgan fingerprint density at radius 1 is 1.18 bits per heavy atom. The van der Waals surface area contributed by atoms with Gasteiger partial charge in [-0.2, -0.15) is 0 Å². The smallest absolute Gasteiger partial charge is 0.276 e. The third kappa shape index (κ3) is 0.936. The lowest BCUT2D eigenvalue weighted by Gasteiger charge is -2.03. The fourth-order valence-electron chi connectivity index (χ4n) is 0.637. The summed E-state index contributed by atoms with van der Waals surface area (Å²) in [6.45, 7) is 0. The first kappa shape index (κ1) is 7.26. The van der Waals surface area contributed by atoms with E-state index >= 15 is 0 Å². The van der Waals surface area contributed by atoms with Crippen molar-refractivity contribution >= 4 is 17.2 Å². The molecule has 60 valence electrons. The van der Waals surface area contributed by atoms with Gasteiger partial charge in [-0.15, -0.1) is 0 Å². The molecule has 1 heterocycles. The van der Waals surface area contributed by atoms with Gasteiger partial charge in [0.25, 0.3) is 5.56 Å². The minimum atomic E-state index is -0.644. The average molecular weight is 156 g/mol. The zero-order valence-electron chi connectivity index (χ0n) is 5.59. The minimum absolute atomic E-state index is 0.0818. The lowest BCUT2D eigenvalue weighted by Crippen LogP contribution is -2.15. The van der Waals surface area contributed by atoms with Gasteiger partial charge in [-0.25, -0.2) is 0 Å². The van der Waals surface area contributed by atoms with Crippen LogP contribution >= 0.6 is 0 Å². The molecule has 0 fully saturated rings. The van der Waals surface area contributed by atoms with Gasteiger partial charge in [-0.3, -0.25) is 4.79 Å². The molecule has 0 unspecified atom stereocenters. The van der Waals surface area contributed by atoms with Gasteiger partial charge in [0.15, 0.2) is 5.75 Å². The normalized spacial score (nSPS) is 9.82. The second-order valence-corrected chi connectivity index (χ2v) is 2.04. The molecule has 0 aliphatic heterocycles. The Morgan fingerprint density at radius 3 is 2.27 bits per heavy atom. The van der Waals surface area contributed by atoms with Crippen LogP contribution in [0.25, 0.3) is 0 Å². The number of nitrogens with one attached hydrogen (secondary N) is 1. The molecule has 0 spiro atoms. The van der Waals surface area contributed by atoms with Crippen molar-refractivity contribution in [3.05, 3.63) is 10.4 Å². The van der Waals surface area contributed by atoms with Gasteiger partial charge in [0.2, 0.25) is 0 Å². The molecule has 0 aliphatic carbocycles. The monoisotopic (exact) mass is 156 g/mol. The SMILES string of the molecule is Nc1[nH]c(=O)c(N)c(O)c1N. The lowest BCUT2D eigenvalue weighted by atomic mass is 10.3. The minimum Gasteiger partial charge on any atom is -0.504 e. The Hall–Kier alpha value is -1.85. The summed E-state index contributed by atoms with van der Waals surface area (Å²) in [6.07, 6.45) is 0. The van der Waals surface area contributed by atoms with Gasteiger partial charge in [0, 0.05) is 0 Å². The maximum Gasteiger partial charge on any atom is 0.276 e. The van der Waals surface area contributed by atoms with Gasteiger partial charge in [0.05, 0.1) is 0 Å². The Kier molecular flexibility index (Phi) is 1.37. The standard InChI is InChI=1S/C5H8N4O2/c6-1-3(10)2(7)5(11)9-4(1)8/h6-7H2,(H4,8,9,10,11). The molecule has 0 aromatic carbocycles. The van der Waals surface area contributed by atoms with Crippen molar-refractivity contribution in [2.45, 2.75) is 0 Å². The number of aromatic nitrogens is 1. The molecule has 0 aliphatic rings. The molecule has 0 radical (unpaired) electrons. The number of aromatic hydroxyl groups is 1. The van der Waals surface area contributed by atoms with Crippen LogP contribution in [-0.2, 0) is 0 Å². The molecule has 0 bridgehead atoms. The number of nitrogens with two attached hydrogens (primary N) is 3. The van der Waals surface area contributed by atoms with Crippen molar-refractivity contribution < 1.29 is 5.11 Å². The van der Waals surface area contributed by atoms with E-state index in [1.54, 1.807) is 0 Å². The summed E-state index contributed by atoms with van der Waals surface area (Å²) in [5, 5.41) is 9.02. The predicted molar refractivity (Wildman–Crippen MR) is 42.0 cm³/mol. The van der Waals surface area contributed by atoms with E-state index < -0.39 is 11.3 Å². The van der Waals surface area contributed by atoms with Gasteiger partial charge in [-0.1, -0.05) is 0 Å². The van der Waals surface area contributed by atoms with Crippen LogP contribution in [0.5, 0.6) is 5.75 Å². The molecule has 8 N–H and O–H groups in total. The predicted octanol–water partition coefficient (Wildman–Crippen LogP) is -1.17. The summed E-state index contributed by atoms with van der Waals surface area (Å²) < 4.78 is 0. The maximum absolute atomic E-state index is 10.7. The van der Waals surface area contributed by atoms with Crippen LogP contribution in [-0.4, -0.2) is 10.1 Å². The van der Waals surface area contributed by atoms with E-state index in [-0.39, 0.29) is 17.2 Å². The Balaban J connectivity index is 3.59. The number of H-pyrrole nitrogens is 1. The highest BCUT2D eigenvalue weighted by atomic mass is 16.3. The van der Waals surface area contributed by atoms with Crippen LogP contribution in [0.3, 0.4) is 0 Å². The number of rotatable bonds is 0. The highest BCUT2D eigenvalue weighted by Gasteiger charge is 2.08. The van der Waals surface area contributed by atoms with E-state index in [0.717, 1.165) is 0 Å². The van der Waals surface area contributed by atoms with Crippen molar-refractivity contribution in [2.24, 2.45) is 0 Å². The summed E-state index contributed by atoms with van der Waals surface area (Å²) in [6, 6.07) is 0. The molecular weight excluding hydrogens is 148 g/mol. The van der Waals surface area contributed by atoms with Crippen molar-refractivity contribution in [1.82, 2.24) is 4.98 Å². The van der Waals surface area contributed by atoms with Gasteiger partial charge < -0.3 is 27.3 Å². The number of hydrogen-bond donors (Lipinski definition) is 5. The summed E-state index contributed by atoms with van der Waals surface area (Å²) in [4.78, 5) is 12.9. The fourth-order valence-corrected chi connectivity index (χ4v) is 0.637. The molecule has 1 rings (SSSR count). The number of pyridine rings is 1. The van der Waals surface area contributed by atoms with Crippen LogP contribution in [0.4, 0.5) is 17.2 Å². The first-order valence-corrected chi connectivity index (χ1v) is 2.79. The van der Waals surface area contributed by atoms with Crippen LogP contribution in [0.15, 0.2) is 4.79 Å². The largest absolute Gasteiger partial charge is 0.504 e. The van der Waals surface area contributed by atoms with Crippen molar-refractivity contribution in [3.63, 3.8) is 0 Å². The maximum atomic E-state index is 10.7. The van der Waals surface area contributed by atoms with E-state index in [4.69, 9.17) is 22.3 Å². The second-order valence-electron chi connectivity index (χ2n) is 2.04. The molecule has 0 saturated heterocycles. The molecule has 0 saturated carbocycles. The van der Waals surface area contributed by atoms with Gasteiger partial charge in [0.1, 0.15) is 17.2 Å². The lowest BCUT2D eigenvalue weighted by molar-refractivity contribution is 0.479. The molecular formula is C5H8N4O2. The molecule has 6 heteroatoms. The van der Waals surface area contributed by atoms with Crippen molar-refractivity contribution in [2.75, 3.05) is 17.2 Å². The number of aromatic amines is 1. The number of anilines is 3. The molecule has 0 atom stereocenters. The zero-order valence-corrected chi connectivity index (χ0v) is 5.59. The summed E-state index contributed by atoms with van der Waals surface area (Å²) >= 11 is 0. The number of nitrogen functional groups attached to an aromatic ring is 3. The van der Waals surface area contributed by atoms with Crippen LogP contribution in [0.1, 0.15) is 0 Å². The van der Waals surface area contributed by atoms with Crippen molar-refractivity contribution in [1.29, 1.82) is 0 Å². The van der Waals surface area contributed by atoms with Gasteiger partial charge in [-0.05, 0) is 0 Å². The molecule has 1 aromatic heterocycles. The van der Waals surface area contributed by atoms with E-state index in [9.17, 15) is 4.79 Å². The van der Waals surface area contributed by atoms with Crippen molar-refractivity contribution in [3.8, 4) is 5.75 Å².